The molecule has 5 nitrogen and oxygen atoms in total. The van der Waals surface area contributed by atoms with E-state index in [1.165, 1.54) is 0 Å². The molecule has 15 heavy (non-hydrogen) atoms. The second-order valence-corrected chi connectivity index (χ2v) is 3.68. The first kappa shape index (κ1) is 12.4. The number of rotatable bonds is 5. The van der Waals surface area contributed by atoms with Crippen LogP contribution in [0.5, 0.6) is 0 Å². The third-order valence-electron chi connectivity index (χ3n) is 2.75. The maximum Gasteiger partial charge on any atom is 0.323 e. The Morgan fingerprint density at radius 3 is 3.00 bits per heavy atom. The van der Waals surface area contributed by atoms with Crippen LogP contribution in [0.2, 0.25) is 0 Å². The van der Waals surface area contributed by atoms with E-state index in [1.54, 1.807) is 7.11 Å². The lowest BCUT2D eigenvalue weighted by Crippen LogP contribution is -2.55. The number of carbonyl (C=O) groups is 1. The van der Waals surface area contributed by atoms with E-state index in [9.17, 15) is 4.79 Å². The Labute approximate surface area is 90.0 Å². The van der Waals surface area contributed by atoms with Crippen molar-refractivity contribution < 1.29 is 19.4 Å². The van der Waals surface area contributed by atoms with Gasteiger partial charge < -0.3 is 14.6 Å². The first-order valence-electron chi connectivity index (χ1n) is 5.26. The number of ether oxygens (including phenoxy) is 2. The molecule has 88 valence electrons. The van der Waals surface area contributed by atoms with Crippen molar-refractivity contribution in [2.75, 3.05) is 33.5 Å². The molecule has 0 spiro atoms. The van der Waals surface area contributed by atoms with Crippen LogP contribution in [0.4, 0.5) is 0 Å². The van der Waals surface area contributed by atoms with Gasteiger partial charge in [-0.15, -0.1) is 0 Å². The number of morpholine rings is 1. The molecule has 2 atom stereocenters. The molecule has 0 saturated carbocycles. The number of methoxy groups -OCH3 is 1. The van der Waals surface area contributed by atoms with E-state index >= 15 is 0 Å². The predicted octanol–water partition coefficient (Wildman–Crippen LogP) is 0.197. The highest BCUT2D eigenvalue weighted by molar-refractivity contribution is 5.73. The van der Waals surface area contributed by atoms with E-state index in [-0.39, 0.29) is 12.6 Å². The Bertz CT molecular complexity index is 210. The second-order valence-electron chi connectivity index (χ2n) is 3.68. The summed E-state index contributed by atoms with van der Waals surface area (Å²) in [6, 6.07) is -0.362. The summed E-state index contributed by atoms with van der Waals surface area (Å²) in [5.41, 5.74) is 0. The van der Waals surface area contributed by atoms with Crippen LogP contribution in [0.25, 0.3) is 0 Å². The summed E-state index contributed by atoms with van der Waals surface area (Å²) in [7, 11) is 1.64. The zero-order valence-corrected chi connectivity index (χ0v) is 9.31. The van der Waals surface area contributed by atoms with Gasteiger partial charge in [0.25, 0.3) is 0 Å². The molecule has 1 N–H and O–H groups in total. The van der Waals surface area contributed by atoms with Gasteiger partial charge in [-0.3, -0.25) is 9.69 Å². The summed E-state index contributed by atoms with van der Waals surface area (Å²) in [6.07, 6.45) is 0.887. The van der Waals surface area contributed by atoms with Gasteiger partial charge in [0.15, 0.2) is 0 Å². The maximum atomic E-state index is 11.0. The monoisotopic (exact) mass is 217 g/mol. The zero-order valence-electron chi connectivity index (χ0n) is 9.31. The number of nitrogens with zero attached hydrogens (tertiary/aromatic N) is 1. The minimum absolute atomic E-state index is 0.167. The van der Waals surface area contributed by atoms with Crippen molar-refractivity contribution in [3.63, 3.8) is 0 Å². The topological polar surface area (TPSA) is 59.0 Å². The highest BCUT2D eigenvalue weighted by atomic mass is 16.5. The second kappa shape index (κ2) is 6.05. The largest absolute Gasteiger partial charge is 0.480 e. The van der Waals surface area contributed by atoms with E-state index < -0.39 is 12.0 Å². The number of hydrogen-bond acceptors (Lipinski definition) is 4. The molecular formula is C10H19NO4. The Balaban J connectivity index is 2.64. The van der Waals surface area contributed by atoms with E-state index in [4.69, 9.17) is 14.6 Å². The Morgan fingerprint density at radius 2 is 2.47 bits per heavy atom. The summed E-state index contributed by atoms with van der Waals surface area (Å²) < 4.78 is 10.3. The Hall–Kier alpha value is -0.650. The van der Waals surface area contributed by atoms with Gasteiger partial charge in [0.1, 0.15) is 6.04 Å². The van der Waals surface area contributed by atoms with Gasteiger partial charge in [-0.05, 0) is 6.42 Å². The van der Waals surface area contributed by atoms with Crippen LogP contribution in [-0.2, 0) is 14.3 Å². The molecule has 0 aromatic heterocycles. The third kappa shape index (κ3) is 3.15. The molecule has 1 saturated heterocycles. The van der Waals surface area contributed by atoms with Crippen molar-refractivity contribution in [1.82, 2.24) is 4.90 Å². The normalized spacial score (nSPS) is 25.1. The van der Waals surface area contributed by atoms with Crippen LogP contribution in [0.3, 0.4) is 0 Å². The average molecular weight is 217 g/mol. The molecule has 5 heteroatoms. The summed E-state index contributed by atoms with van der Waals surface area (Å²) in [5, 5.41) is 9.06. The third-order valence-corrected chi connectivity index (χ3v) is 2.75. The highest BCUT2D eigenvalue weighted by Crippen LogP contribution is 2.14. The van der Waals surface area contributed by atoms with Gasteiger partial charge in [-0.25, -0.2) is 0 Å². The quantitative estimate of drug-likeness (QED) is 0.712. The molecule has 0 aliphatic carbocycles. The summed E-state index contributed by atoms with van der Waals surface area (Å²) in [6.45, 7) is 4.15. The summed E-state index contributed by atoms with van der Waals surface area (Å²) in [5.74, 6) is -0.816. The predicted molar refractivity (Wildman–Crippen MR) is 54.9 cm³/mol. The molecular weight excluding hydrogens is 198 g/mol. The fourth-order valence-electron chi connectivity index (χ4n) is 1.91. The summed E-state index contributed by atoms with van der Waals surface area (Å²) in [4.78, 5) is 13.0. The Kier molecular flexibility index (Phi) is 5.01. The van der Waals surface area contributed by atoms with Crippen molar-refractivity contribution in [3.8, 4) is 0 Å². The lowest BCUT2D eigenvalue weighted by molar-refractivity contribution is -0.152. The minimum atomic E-state index is -0.816. The fraction of sp³-hybridized carbons (Fsp3) is 0.900. The molecule has 0 bridgehead atoms. The minimum Gasteiger partial charge on any atom is -0.480 e. The number of carboxylic acid groups (broad SMARTS) is 1. The lowest BCUT2D eigenvalue weighted by Gasteiger charge is -2.38. The SMILES string of the molecule is CCC(COC)N1CCOCC1C(=O)O. The smallest absolute Gasteiger partial charge is 0.323 e. The lowest BCUT2D eigenvalue weighted by atomic mass is 10.1. The van der Waals surface area contributed by atoms with Gasteiger partial charge in [-0.1, -0.05) is 6.92 Å². The first-order valence-corrected chi connectivity index (χ1v) is 5.26. The van der Waals surface area contributed by atoms with E-state index in [0.717, 1.165) is 6.42 Å². The van der Waals surface area contributed by atoms with Crippen LogP contribution in [0.15, 0.2) is 0 Å². The van der Waals surface area contributed by atoms with Crippen LogP contribution in [0.1, 0.15) is 13.3 Å². The highest BCUT2D eigenvalue weighted by Gasteiger charge is 2.33. The van der Waals surface area contributed by atoms with E-state index in [2.05, 4.69) is 0 Å². The van der Waals surface area contributed by atoms with Crippen LogP contribution in [-0.4, -0.2) is 61.5 Å². The molecule has 0 aromatic carbocycles. The fourth-order valence-corrected chi connectivity index (χ4v) is 1.91. The molecule has 0 aromatic rings. The molecule has 1 aliphatic rings. The molecule has 1 heterocycles. The first-order chi connectivity index (χ1) is 7.20. The Morgan fingerprint density at radius 1 is 1.73 bits per heavy atom. The van der Waals surface area contributed by atoms with Crippen molar-refractivity contribution in [2.45, 2.75) is 25.4 Å². The average Bonchev–Trinajstić information content (AvgIpc) is 2.26. The zero-order chi connectivity index (χ0) is 11.3. The van der Waals surface area contributed by atoms with Crippen molar-refractivity contribution >= 4 is 5.97 Å². The molecule has 1 rings (SSSR count). The summed E-state index contributed by atoms with van der Waals surface area (Å²) >= 11 is 0. The number of hydrogen-bond donors (Lipinski definition) is 1. The molecule has 0 radical (unpaired) electrons. The van der Waals surface area contributed by atoms with Crippen LogP contribution >= 0.6 is 0 Å². The van der Waals surface area contributed by atoms with Gasteiger partial charge in [-0.2, -0.15) is 0 Å². The number of aliphatic carboxylic acids is 1. The standard InChI is InChI=1S/C10H19NO4/c1-3-8(6-14-2)11-4-5-15-7-9(11)10(12)13/h8-9H,3-7H2,1-2H3,(H,12,13). The number of carboxylic acids is 1. The van der Waals surface area contributed by atoms with Crippen LogP contribution in [0, 0.1) is 0 Å². The van der Waals surface area contributed by atoms with Crippen LogP contribution < -0.4 is 0 Å². The van der Waals surface area contributed by atoms with Crippen molar-refractivity contribution in [1.29, 1.82) is 0 Å². The van der Waals surface area contributed by atoms with Crippen molar-refractivity contribution in [3.05, 3.63) is 0 Å². The maximum absolute atomic E-state index is 11.0. The molecule has 1 fully saturated rings. The molecule has 1 aliphatic heterocycles. The van der Waals surface area contributed by atoms with E-state index in [0.29, 0.717) is 19.8 Å². The molecule has 2 unspecified atom stereocenters. The van der Waals surface area contributed by atoms with Gasteiger partial charge in [0.05, 0.1) is 19.8 Å². The van der Waals surface area contributed by atoms with Gasteiger partial charge in [0, 0.05) is 19.7 Å². The van der Waals surface area contributed by atoms with Gasteiger partial charge >= 0.3 is 5.97 Å². The van der Waals surface area contributed by atoms with E-state index in [1.807, 2.05) is 11.8 Å². The van der Waals surface area contributed by atoms with Crippen molar-refractivity contribution in [2.24, 2.45) is 0 Å². The van der Waals surface area contributed by atoms with Gasteiger partial charge in [0.2, 0.25) is 0 Å². The molecule has 0 amide bonds.